The zero-order valence-electron chi connectivity index (χ0n) is 29.2. The van der Waals surface area contributed by atoms with Gasteiger partial charge in [0.1, 0.15) is 17.5 Å². The number of carbonyl (C=O) groups excluding carboxylic acids is 1. The molecule has 2 aromatic heterocycles. The molecular formula is C35H48ClN7O4S. The van der Waals surface area contributed by atoms with E-state index in [0.717, 1.165) is 45.5 Å². The van der Waals surface area contributed by atoms with Gasteiger partial charge in [0.2, 0.25) is 5.91 Å². The highest BCUT2D eigenvalue weighted by atomic mass is 35.5. The van der Waals surface area contributed by atoms with E-state index in [-0.39, 0.29) is 28.8 Å². The van der Waals surface area contributed by atoms with Gasteiger partial charge in [-0.25, -0.2) is 0 Å². The van der Waals surface area contributed by atoms with Crippen LogP contribution in [0, 0.1) is 10.1 Å². The lowest BCUT2D eigenvalue weighted by Crippen LogP contribution is -2.55. The van der Waals surface area contributed by atoms with Crippen LogP contribution in [0.5, 0.6) is 5.75 Å². The molecule has 0 aliphatic heterocycles. The molecule has 11 nitrogen and oxygen atoms in total. The number of aromatic amines is 1. The number of nitrogens with zero attached hydrogens (tertiary/aromatic N) is 4. The Hall–Kier alpha value is -3.61. The van der Waals surface area contributed by atoms with E-state index in [1.54, 1.807) is 17.8 Å². The first-order chi connectivity index (χ1) is 22.5. The van der Waals surface area contributed by atoms with E-state index in [1.165, 1.54) is 31.4 Å². The van der Waals surface area contributed by atoms with E-state index in [1.807, 2.05) is 28.8 Å². The third-order valence-corrected chi connectivity index (χ3v) is 10.3. The van der Waals surface area contributed by atoms with Crippen LogP contribution in [0.3, 0.4) is 0 Å². The fraction of sp³-hybridized carbons (Fsp3) is 0.514. The number of hydrogen-bond donors (Lipinski definition) is 3. The summed E-state index contributed by atoms with van der Waals surface area (Å²) in [5, 5.41) is 30.9. The SMILES string of the molecule is CCCCCCCC(=O)Nc1ccc(Sc2c(C(C)(C)C)nn3c(C(C)(C)C(C)(C)NCOc4ccc(Cl)c([N+](=O)[O-])c4)n[nH]c23)cc1. The van der Waals surface area contributed by atoms with E-state index in [0.29, 0.717) is 12.2 Å². The maximum atomic E-state index is 12.4. The lowest BCUT2D eigenvalue weighted by atomic mass is 9.74. The molecule has 1 amide bonds. The quantitative estimate of drug-likeness (QED) is 0.0456. The monoisotopic (exact) mass is 697 g/mol. The van der Waals surface area contributed by atoms with Crippen molar-refractivity contribution < 1.29 is 14.5 Å². The van der Waals surface area contributed by atoms with Crippen molar-refractivity contribution in [3.8, 4) is 5.75 Å². The normalized spacial score (nSPS) is 12.4. The molecule has 0 spiro atoms. The van der Waals surface area contributed by atoms with Gasteiger partial charge in [-0.3, -0.25) is 25.3 Å². The maximum Gasteiger partial charge on any atom is 0.291 e. The van der Waals surface area contributed by atoms with Crippen LogP contribution < -0.4 is 15.4 Å². The molecular weight excluding hydrogens is 650 g/mol. The van der Waals surface area contributed by atoms with Crippen molar-refractivity contribution in [1.82, 2.24) is 25.1 Å². The van der Waals surface area contributed by atoms with Crippen LogP contribution in [0.4, 0.5) is 11.4 Å². The molecule has 2 heterocycles. The van der Waals surface area contributed by atoms with Crippen LogP contribution in [0.1, 0.15) is 105 Å². The molecule has 0 aliphatic carbocycles. The number of unbranched alkanes of at least 4 members (excludes halogenated alkanes) is 4. The van der Waals surface area contributed by atoms with Crippen LogP contribution in [0.15, 0.2) is 52.3 Å². The van der Waals surface area contributed by atoms with Crippen LogP contribution in [-0.4, -0.2) is 42.9 Å². The van der Waals surface area contributed by atoms with Crippen LogP contribution in [0.2, 0.25) is 5.02 Å². The number of anilines is 1. The van der Waals surface area contributed by atoms with Gasteiger partial charge in [0.25, 0.3) is 5.69 Å². The Morgan fingerprint density at radius 1 is 1.04 bits per heavy atom. The summed E-state index contributed by atoms with van der Waals surface area (Å²) in [5.41, 5.74) is 0.966. The lowest BCUT2D eigenvalue weighted by Gasteiger charge is -2.40. The standard InChI is InChI=1S/C35H48ClN7O4S/c1-9-10-11-12-13-14-28(44)38-23-15-18-25(19-16-23)48-29-30(33(2,3)4)41-42-31(29)39-40-32(42)34(5,6)35(7,8)37-22-47-24-17-20-26(36)27(21-24)43(45)46/h15-21,37,39H,9-14,22H2,1-8H3,(H,38,44). The minimum Gasteiger partial charge on any atom is -0.478 e. The molecule has 0 saturated heterocycles. The van der Waals surface area contributed by atoms with Crippen LogP contribution in [-0.2, 0) is 15.6 Å². The largest absolute Gasteiger partial charge is 0.478 e. The van der Waals surface area contributed by atoms with Crippen LogP contribution >= 0.6 is 23.4 Å². The number of H-pyrrole nitrogens is 1. The topological polar surface area (TPSA) is 139 Å². The Bertz CT molecular complexity index is 1730. The summed E-state index contributed by atoms with van der Waals surface area (Å²) >= 11 is 7.56. The number of amides is 1. The van der Waals surface area contributed by atoms with Crippen molar-refractivity contribution in [2.24, 2.45) is 0 Å². The molecule has 4 aromatic rings. The first-order valence-electron chi connectivity index (χ1n) is 16.4. The number of carbonyl (C=O) groups is 1. The third-order valence-electron chi connectivity index (χ3n) is 8.87. The zero-order valence-corrected chi connectivity index (χ0v) is 30.8. The summed E-state index contributed by atoms with van der Waals surface area (Å²) in [7, 11) is 0. The average Bonchev–Trinajstić information content (AvgIpc) is 3.59. The molecule has 13 heteroatoms. The van der Waals surface area contributed by atoms with E-state index in [9.17, 15) is 14.9 Å². The summed E-state index contributed by atoms with van der Waals surface area (Å²) in [4.78, 5) is 25.2. The van der Waals surface area contributed by atoms with Crippen molar-refractivity contribution in [2.45, 2.75) is 120 Å². The molecule has 48 heavy (non-hydrogen) atoms. The van der Waals surface area contributed by atoms with E-state index in [2.05, 4.69) is 71.1 Å². The summed E-state index contributed by atoms with van der Waals surface area (Å²) in [6.45, 7) is 17.0. The minimum absolute atomic E-state index is 0.0470. The molecule has 2 aromatic carbocycles. The Labute approximate surface area is 292 Å². The molecule has 4 rings (SSSR count). The molecule has 0 fully saturated rings. The first kappa shape index (κ1) is 37.2. The molecule has 0 aliphatic rings. The molecule has 0 unspecified atom stereocenters. The number of halogens is 1. The second-order valence-corrected chi connectivity index (χ2v) is 15.7. The highest BCUT2D eigenvalue weighted by molar-refractivity contribution is 7.99. The maximum absolute atomic E-state index is 12.4. The summed E-state index contributed by atoms with van der Waals surface area (Å²) in [6, 6.07) is 12.3. The summed E-state index contributed by atoms with van der Waals surface area (Å²) in [5.74, 6) is 1.12. The molecule has 260 valence electrons. The lowest BCUT2D eigenvalue weighted by molar-refractivity contribution is -0.384. The van der Waals surface area contributed by atoms with E-state index in [4.69, 9.17) is 26.5 Å². The number of fused-ring (bicyclic) bond motifs is 1. The van der Waals surface area contributed by atoms with Gasteiger partial charge in [0.15, 0.2) is 11.5 Å². The van der Waals surface area contributed by atoms with E-state index >= 15 is 0 Å². The minimum atomic E-state index is -0.556. The summed E-state index contributed by atoms with van der Waals surface area (Å²) < 4.78 is 7.72. The van der Waals surface area contributed by atoms with E-state index < -0.39 is 15.9 Å². The van der Waals surface area contributed by atoms with Gasteiger partial charge in [-0.1, -0.05) is 90.6 Å². The van der Waals surface area contributed by atoms with Crippen molar-refractivity contribution >= 4 is 46.3 Å². The smallest absolute Gasteiger partial charge is 0.291 e. The van der Waals surface area contributed by atoms with Crippen LogP contribution in [0.25, 0.3) is 5.65 Å². The predicted octanol–water partition coefficient (Wildman–Crippen LogP) is 9.05. The second-order valence-electron chi connectivity index (χ2n) is 14.2. The van der Waals surface area contributed by atoms with Gasteiger partial charge in [0.05, 0.1) is 21.6 Å². The molecule has 0 bridgehead atoms. The Balaban J connectivity index is 1.50. The highest BCUT2D eigenvalue weighted by Crippen LogP contribution is 2.41. The predicted molar refractivity (Wildman–Crippen MR) is 192 cm³/mol. The number of ether oxygens (including phenoxy) is 1. The number of aromatic nitrogens is 4. The zero-order chi connectivity index (χ0) is 35.3. The molecule has 0 atom stereocenters. The number of benzene rings is 2. The van der Waals surface area contributed by atoms with Gasteiger partial charge in [-0.2, -0.15) is 14.7 Å². The van der Waals surface area contributed by atoms with Gasteiger partial charge >= 0.3 is 0 Å². The van der Waals surface area contributed by atoms with Crippen molar-refractivity contribution in [3.63, 3.8) is 0 Å². The number of nitrogens with one attached hydrogen (secondary N) is 3. The van der Waals surface area contributed by atoms with Crippen molar-refractivity contribution in [2.75, 3.05) is 12.0 Å². The van der Waals surface area contributed by atoms with Gasteiger partial charge in [-0.05, 0) is 56.7 Å². The van der Waals surface area contributed by atoms with Gasteiger partial charge < -0.3 is 10.1 Å². The molecule has 3 N–H and O–H groups in total. The average molecular weight is 698 g/mol. The fourth-order valence-electron chi connectivity index (χ4n) is 5.16. The number of hydrogen-bond acceptors (Lipinski definition) is 8. The number of rotatable bonds is 16. The number of nitro groups is 1. The van der Waals surface area contributed by atoms with Crippen molar-refractivity contribution in [1.29, 1.82) is 0 Å². The molecule has 0 radical (unpaired) electrons. The van der Waals surface area contributed by atoms with Gasteiger partial charge in [-0.15, -0.1) is 0 Å². The fourth-order valence-corrected chi connectivity index (χ4v) is 6.53. The molecule has 0 saturated carbocycles. The van der Waals surface area contributed by atoms with Gasteiger partial charge in [0, 0.05) is 33.4 Å². The Kier molecular flexibility index (Phi) is 11.9. The Morgan fingerprint density at radius 2 is 1.73 bits per heavy atom. The third kappa shape index (κ3) is 8.69. The summed E-state index contributed by atoms with van der Waals surface area (Å²) in [6.07, 6.45) is 6.11. The first-order valence-corrected chi connectivity index (χ1v) is 17.6. The number of nitro benzene ring substituents is 1. The van der Waals surface area contributed by atoms with Crippen molar-refractivity contribution in [3.05, 3.63) is 69.1 Å². The Morgan fingerprint density at radius 3 is 2.38 bits per heavy atom. The highest BCUT2D eigenvalue weighted by Gasteiger charge is 2.43. The second kappa shape index (κ2) is 15.3.